The standard InChI is InChI=1S/C18H22N4OS/c23-17(20-18-19-8-14-24-18)15-22-12-10-21(11-13-22)9-4-7-16-5-2-1-3-6-16/h1-8,14H,9-13,15H2,(H,19,20,23)/p+2/b7-4+. The summed E-state index contributed by atoms with van der Waals surface area (Å²) in [6.45, 7) is 5.89. The van der Waals surface area contributed by atoms with E-state index in [0.29, 0.717) is 11.7 Å². The molecule has 0 spiro atoms. The number of hydrogen-bond donors (Lipinski definition) is 3. The lowest BCUT2D eigenvalue weighted by molar-refractivity contribution is -1.01. The van der Waals surface area contributed by atoms with Gasteiger partial charge < -0.3 is 9.80 Å². The summed E-state index contributed by atoms with van der Waals surface area (Å²) in [6.07, 6.45) is 6.15. The van der Waals surface area contributed by atoms with Gasteiger partial charge in [0.1, 0.15) is 26.2 Å². The van der Waals surface area contributed by atoms with Gasteiger partial charge in [-0.3, -0.25) is 10.1 Å². The number of quaternary nitrogens is 2. The Hall–Kier alpha value is -2.02. The van der Waals surface area contributed by atoms with Gasteiger partial charge in [0.25, 0.3) is 5.91 Å². The van der Waals surface area contributed by atoms with Crippen LogP contribution in [0.15, 0.2) is 48.0 Å². The maximum atomic E-state index is 12.0. The first-order valence-corrected chi connectivity index (χ1v) is 9.25. The lowest BCUT2D eigenvalue weighted by Gasteiger charge is -2.28. The number of carbonyl (C=O) groups is 1. The molecule has 0 radical (unpaired) electrons. The van der Waals surface area contributed by atoms with Crippen molar-refractivity contribution in [3.8, 4) is 0 Å². The third kappa shape index (κ3) is 5.26. The van der Waals surface area contributed by atoms with Gasteiger partial charge in [-0.05, 0) is 11.6 Å². The lowest BCUT2D eigenvalue weighted by atomic mass is 10.2. The molecule has 3 N–H and O–H groups in total. The number of aromatic nitrogens is 1. The topological polar surface area (TPSA) is 50.9 Å². The second kappa shape index (κ2) is 8.73. The molecule has 3 rings (SSSR count). The molecule has 0 bridgehead atoms. The Labute approximate surface area is 146 Å². The molecule has 0 unspecified atom stereocenters. The molecule has 5 nitrogen and oxygen atoms in total. The van der Waals surface area contributed by atoms with Crippen molar-refractivity contribution in [2.24, 2.45) is 0 Å². The molecule has 0 atom stereocenters. The summed E-state index contributed by atoms with van der Waals surface area (Å²) in [6, 6.07) is 10.4. The second-order valence-electron chi connectivity index (χ2n) is 6.08. The van der Waals surface area contributed by atoms with Crippen molar-refractivity contribution in [2.75, 3.05) is 44.6 Å². The fourth-order valence-electron chi connectivity index (χ4n) is 2.94. The van der Waals surface area contributed by atoms with Crippen LogP contribution in [0.5, 0.6) is 0 Å². The third-order valence-corrected chi connectivity index (χ3v) is 4.96. The Balaban J connectivity index is 1.36. The van der Waals surface area contributed by atoms with Crippen LogP contribution in [0.2, 0.25) is 0 Å². The van der Waals surface area contributed by atoms with Crippen LogP contribution in [0, 0.1) is 0 Å². The normalized spacial score (nSPS) is 21.0. The molecule has 24 heavy (non-hydrogen) atoms. The molecule has 1 aliphatic rings. The number of nitrogens with one attached hydrogen (secondary N) is 3. The molecular weight excluding hydrogens is 320 g/mol. The Morgan fingerprint density at radius 1 is 1.17 bits per heavy atom. The summed E-state index contributed by atoms with van der Waals surface area (Å²) in [5, 5.41) is 5.42. The molecule has 0 aliphatic carbocycles. The largest absolute Gasteiger partial charge is 0.322 e. The molecule has 2 heterocycles. The van der Waals surface area contributed by atoms with Crippen LogP contribution in [0.4, 0.5) is 5.13 Å². The number of rotatable bonds is 6. The van der Waals surface area contributed by atoms with Gasteiger partial charge in [0.15, 0.2) is 11.7 Å². The van der Waals surface area contributed by atoms with Gasteiger partial charge in [0.2, 0.25) is 0 Å². The molecule has 1 saturated heterocycles. The Bertz CT molecular complexity index is 649. The molecule has 6 heteroatoms. The average Bonchev–Trinajstić information content (AvgIpc) is 3.10. The van der Waals surface area contributed by atoms with E-state index < -0.39 is 0 Å². The zero-order chi connectivity index (χ0) is 16.6. The van der Waals surface area contributed by atoms with Crippen molar-refractivity contribution in [3.05, 3.63) is 53.5 Å². The van der Waals surface area contributed by atoms with E-state index in [1.165, 1.54) is 21.8 Å². The molecular formula is C18H24N4OS+2. The van der Waals surface area contributed by atoms with Gasteiger partial charge in [-0.1, -0.05) is 36.4 Å². The molecule has 0 saturated carbocycles. The number of thiazole rings is 1. The van der Waals surface area contributed by atoms with E-state index in [2.05, 4.69) is 46.7 Å². The van der Waals surface area contributed by atoms with Crippen LogP contribution in [0.1, 0.15) is 5.56 Å². The number of carbonyl (C=O) groups excluding carboxylic acids is 1. The van der Waals surface area contributed by atoms with E-state index in [1.54, 1.807) is 11.1 Å². The van der Waals surface area contributed by atoms with E-state index in [0.717, 1.165) is 32.7 Å². The van der Waals surface area contributed by atoms with E-state index in [9.17, 15) is 4.79 Å². The lowest BCUT2D eigenvalue weighted by Crippen LogP contribution is -3.28. The van der Waals surface area contributed by atoms with Crippen molar-refractivity contribution in [2.45, 2.75) is 0 Å². The molecule has 1 aromatic heterocycles. The molecule has 2 aromatic rings. The number of benzene rings is 1. The van der Waals surface area contributed by atoms with Gasteiger partial charge in [0.05, 0.1) is 6.54 Å². The Morgan fingerprint density at radius 2 is 1.92 bits per heavy atom. The highest BCUT2D eigenvalue weighted by atomic mass is 32.1. The second-order valence-corrected chi connectivity index (χ2v) is 6.97. The summed E-state index contributed by atoms with van der Waals surface area (Å²) in [7, 11) is 0. The molecule has 1 aromatic carbocycles. The van der Waals surface area contributed by atoms with Crippen LogP contribution in [0.3, 0.4) is 0 Å². The van der Waals surface area contributed by atoms with Crippen molar-refractivity contribution >= 4 is 28.5 Å². The predicted molar refractivity (Wildman–Crippen MR) is 97.3 cm³/mol. The maximum absolute atomic E-state index is 12.0. The number of amides is 1. The third-order valence-electron chi connectivity index (χ3n) is 4.27. The smallest absolute Gasteiger partial charge is 0.281 e. The highest BCUT2D eigenvalue weighted by Gasteiger charge is 2.24. The fourth-order valence-corrected chi connectivity index (χ4v) is 3.48. The predicted octanol–water partition coefficient (Wildman–Crippen LogP) is -0.422. The van der Waals surface area contributed by atoms with Gasteiger partial charge in [-0.2, -0.15) is 0 Å². The number of piperazine rings is 1. The number of anilines is 1. The van der Waals surface area contributed by atoms with Crippen LogP contribution in [-0.2, 0) is 4.79 Å². The SMILES string of the molecule is O=C(C[NH+]1CC[NH+](C/C=C/c2ccccc2)CC1)Nc1nccs1. The number of hydrogen-bond acceptors (Lipinski definition) is 3. The van der Waals surface area contributed by atoms with Crippen molar-refractivity contribution in [1.82, 2.24) is 4.98 Å². The van der Waals surface area contributed by atoms with Crippen molar-refractivity contribution in [1.29, 1.82) is 0 Å². The average molecular weight is 344 g/mol. The molecule has 1 aliphatic heterocycles. The highest BCUT2D eigenvalue weighted by Crippen LogP contribution is 2.09. The van der Waals surface area contributed by atoms with E-state index in [4.69, 9.17) is 0 Å². The Kier molecular flexibility index (Phi) is 6.12. The summed E-state index contributed by atoms with van der Waals surface area (Å²) in [5.41, 5.74) is 1.25. The molecule has 1 amide bonds. The summed E-state index contributed by atoms with van der Waals surface area (Å²) in [5.74, 6) is 0.0624. The van der Waals surface area contributed by atoms with E-state index in [1.807, 2.05) is 11.4 Å². The van der Waals surface area contributed by atoms with Crippen LogP contribution < -0.4 is 15.1 Å². The van der Waals surface area contributed by atoms with Crippen LogP contribution in [-0.4, -0.2) is 50.2 Å². The van der Waals surface area contributed by atoms with E-state index >= 15 is 0 Å². The first-order valence-electron chi connectivity index (χ1n) is 8.37. The number of nitrogens with zero attached hydrogens (tertiary/aromatic N) is 1. The van der Waals surface area contributed by atoms with Crippen molar-refractivity contribution < 1.29 is 14.6 Å². The van der Waals surface area contributed by atoms with Gasteiger partial charge in [0, 0.05) is 11.6 Å². The van der Waals surface area contributed by atoms with Gasteiger partial charge >= 0.3 is 0 Å². The van der Waals surface area contributed by atoms with Gasteiger partial charge in [-0.25, -0.2) is 4.98 Å². The van der Waals surface area contributed by atoms with E-state index in [-0.39, 0.29) is 5.91 Å². The minimum absolute atomic E-state index is 0.0624. The summed E-state index contributed by atoms with van der Waals surface area (Å²) >= 11 is 1.46. The van der Waals surface area contributed by atoms with Crippen LogP contribution in [0.25, 0.3) is 6.08 Å². The highest BCUT2D eigenvalue weighted by molar-refractivity contribution is 7.13. The first kappa shape index (κ1) is 16.8. The van der Waals surface area contributed by atoms with Crippen molar-refractivity contribution in [3.63, 3.8) is 0 Å². The zero-order valence-electron chi connectivity index (χ0n) is 13.7. The Morgan fingerprint density at radius 3 is 2.62 bits per heavy atom. The van der Waals surface area contributed by atoms with Crippen LogP contribution >= 0.6 is 11.3 Å². The minimum Gasteiger partial charge on any atom is -0.322 e. The fraction of sp³-hybridized carbons (Fsp3) is 0.333. The minimum atomic E-state index is 0.0624. The quantitative estimate of drug-likeness (QED) is 0.667. The van der Waals surface area contributed by atoms with Gasteiger partial charge in [-0.15, -0.1) is 11.3 Å². The molecule has 126 valence electrons. The first-order chi connectivity index (χ1) is 11.8. The monoisotopic (exact) mass is 344 g/mol. The zero-order valence-corrected chi connectivity index (χ0v) is 14.5. The summed E-state index contributed by atoms with van der Waals surface area (Å²) < 4.78 is 0. The summed E-state index contributed by atoms with van der Waals surface area (Å²) in [4.78, 5) is 19.0. The molecule has 1 fully saturated rings. The maximum Gasteiger partial charge on any atom is 0.281 e.